The van der Waals surface area contributed by atoms with E-state index < -0.39 is 12.0 Å². The molecular formula is C13H24N2O3. The van der Waals surface area contributed by atoms with E-state index >= 15 is 0 Å². The molecule has 18 heavy (non-hydrogen) atoms. The Morgan fingerprint density at radius 2 is 2.11 bits per heavy atom. The predicted molar refractivity (Wildman–Crippen MR) is 69.4 cm³/mol. The number of hydrogen-bond acceptors (Lipinski definition) is 2. The minimum atomic E-state index is -0.987. The molecule has 0 aliphatic heterocycles. The highest BCUT2D eigenvalue weighted by Gasteiger charge is 2.23. The van der Waals surface area contributed by atoms with Crippen LogP contribution >= 0.6 is 0 Å². The number of hydrogen-bond donors (Lipinski definition) is 2. The molecule has 0 heterocycles. The van der Waals surface area contributed by atoms with Gasteiger partial charge in [0.1, 0.15) is 6.04 Å². The Hall–Kier alpha value is -1.26. The summed E-state index contributed by atoms with van der Waals surface area (Å²) in [6.45, 7) is 4.40. The van der Waals surface area contributed by atoms with Gasteiger partial charge in [-0.1, -0.05) is 19.8 Å². The van der Waals surface area contributed by atoms with Gasteiger partial charge in [-0.3, -0.25) is 0 Å². The molecule has 1 aliphatic rings. The lowest BCUT2D eigenvalue weighted by Gasteiger charge is -2.28. The van der Waals surface area contributed by atoms with E-state index in [1.165, 1.54) is 31.7 Å². The minimum Gasteiger partial charge on any atom is -0.480 e. The molecule has 0 aromatic rings. The topological polar surface area (TPSA) is 69.6 Å². The lowest BCUT2D eigenvalue weighted by atomic mass is 9.82. The molecule has 104 valence electrons. The van der Waals surface area contributed by atoms with Crippen molar-refractivity contribution in [1.29, 1.82) is 0 Å². The Morgan fingerprint density at radius 3 is 2.67 bits per heavy atom. The summed E-state index contributed by atoms with van der Waals surface area (Å²) < 4.78 is 0. The van der Waals surface area contributed by atoms with Crippen LogP contribution in [-0.2, 0) is 4.79 Å². The Bertz CT molecular complexity index is 307. The molecule has 1 aliphatic carbocycles. The lowest BCUT2D eigenvalue weighted by molar-refractivity contribution is -0.141. The van der Waals surface area contributed by atoms with E-state index in [0.717, 1.165) is 18.8 Å². The van der Waals surface area contributed by atoms with Gasteiger partial charge < -0.3 is 15.3 Å². The Morgan fingerprint density at radius 1 is 1.44 bits per heavy atom. The van der Waals surface area contributed by atoms with Crippen molar-refractivity contribution in [1.82, 2.24) is 10.2 Å². The van der Waals surface area contributed by atoms with E-state index in [-0.39, 0.29) is 6.03 Å². The maximum absolute atomic E-state index is 11.8. The molecule has 2 amide bonds. The van der Waals surface area contributed by atoms with E-state index in [1.807, 2.05) is 0 Å². The van der Waals surface area contributed by atoms with Crippen LogP contribution in [0.15, 0.2) is 0 Å². The Labute approximate surface area is 109 Å². The van der Waals surface area contributed by atoms with Crippen molar-refractivity contribution in [2.45, 2.75) is 45.6 Å². The van der Waals surface area contributed by atoms with E-state index in [1.54, 1.807) is 0 Å². The molecule has 1 rings (SSSR count). The van der Waals surface area contributed by atoms with Crippen molar-refractivity contribution < 1.29 is 14.7 Å². The van der Waals surface area contributed by atoms with Crippen molar-refractivity contribution in [3.63, 3.8) is 0 Å². The van der Waals surface area contributed by atoms with Gasteiger partial charge in [-0.05, 0) is 31.6 Å². The fourth-order valence-electron chi connectivity index (χ4n) is 2.44. The number of nitrogens with one attached hydrogen (secondary N) is 1. The monoisotopic (exact) mass is 256 g/mol. The van der Waals surface area contributed by atoms with Gasteiger partial charge in [0, 0.05) is 13.6 Å². The third-order valence-corrected chi connectivity index (χ3v) is 3.85. The average molecular weight is 256 g/mol. The normalized spacial score (nSPS) is 25.3. The van der Waals surface area contributed by atoms with E-state index in [2.05, 4.69) is 12.2 Å². The molecule has 0 spiro atoms. The highest BCUT2D eigenvalue weighted by Crippen LogP contribution is 2.27. The summed E-state index contributed by atoms with van der Waals surface area (Å²) in [5, 5.41) is 11.7. The van der Waals surface area contributed by atoms with Crippen molar-refractivity contribution in [2.24, 2.45) is 11.8 Å². The van der Waals surface area contributed by atoms with Crippen LogP contribution in [0.25, 0.3) is 0 Å². The summed E-state index contributed by atoms with van der Waals surface area (Å²) in [6.07, 6.45) is 4.81. The van der Waals surface area contributed by atoms with Gasteiger partial charge in [0.15, 0.2) is 0 Å². The molecule has 5 nitrogen and oxygen atoms in total. The van der Waals surface area contributed by atoms with Crippen LogP contribution in [0.2, 0.25) is 0 Å². The standard InChI is InChI=1S/C13H24N2O3/c1-9-5-4-6-11(7-9)8-14-13(18)15(3)10(2)12(16)17/h9-11H,4-8H2,1-3H3,(H,14,18)(H,16,17). The molecule has 0 aromatic carbocycles. The molecular weight excluding hydrogens is 232 g/mol. The second-order valence-electron chi connectivity index (χ2n) is 5.45. The maximum atomic E-state index is 11.8. The van der Waals surface area contributed by atoms with Crippen LogP contribution in [-0.4, -0.2) is 41.6 Å². The molecule has 0 bridgehead atoms. The molecule has 0 saturated heterocycles. The number of carbonyl (C=O) groups excluding carboxylic acids is 1. The highest BCUT2D eigenvalue weighted by molar-refractivity contribution is 5.82. The van der Waals surface area contributed by atoms with Crippen LogP contribution in [0.5, 0.6) is 0 Å². The Kier molecular flexibility index (Phi) is 5.44. The van der Waals surface area contributed by atoms with Crippen molar-refractivity contribution in [3.8, 4) is 0 Å². The number of aliphatic carboxylic acids is 1. The fraction of sp³-hybridized carbons (Fsp3) is 0.846. The van der Waals surface area contributed by atoms with Gasteiger partial charge in [-0.15, -0.1) is 0 Å². The summed E-state index contributed by atoms with van der Waals surface area (Å²) in [4.78, 5) is 23.8. The number of rotatable bonds is 4. The largest absolute Gasteiger partial charge is 0.480 e. The molecule has 5 heteroatoms. The number of urea groups is 1. The van der Waals surface area contributed by atoms with Crippen LogP contribution in [0.1, 0.15) is 39.5 Å². The first-order chi connectivity index (χ1) is 8.41. The van der Waals surface area contributed by atoms with Gasteiger partial charge >= 0.3 is 12.0 Å². The molecule has 0 radical (unpaired) electrons. The fourth-order valence-corrected chi connectivity index (χ4v) is 2.44. The summed E-state index contributed by atoms with van der Waals surface area (Å²) >= 11 is 0. The number of carboxylic acid groups (broad SMARTS) is 1. The van der Waals surface area contributed by atoms with E-state index in [0.29, 0.717) is 12.5 Å². The first-order valence-corrected chi connectivity index (χ1v) is 6.65. The molecule has 0 aromatic heterocycles. The van der Waals surface area contributed by atoms with Crippen LogP contribution in [0.4, 0.5) is 4.79 Å². The van der Waals surface area contributed by atoms with E-state index in [9.17, 15) is 9.59 Å². The second kappa shape index (κ2) is 6.61. The van der Waals surface area contributed by atoms with Gasteiger partial charge in [0.05, 0.1) is 0 Å². The predicted octanol–water partition coefficient (Wildman–Crippen LogP) is 1.93. The summed E-state index contributed by atoms with van der Waals surface area (Å²) in [7, 11) is 1.51. The zero-order chi connectivity index (χ0) is 13.7. The van der Waals surface area contributed by atoms with Crippen LogP contribution in [0.3, 0.4) is 0 Å². The molecule has 3 atom stereocenters. The summed E-state index contributed by atoms with van der Waals surface area (Å²) in [5.41, 5.74) is 0. The van der Waals surface area contributed by atoms with E-state index in [4.69, 9.17) is 5.11 Å². The second-order valence-corrected chi connectivity index (χ2v) is 5.45. The molecule has 1 saturated carbocycles. The molecule has 3 unspecified atom stereocenters. The summed E-state index contributed by atoms with van der Waals surface area (Å²) in [6, 6.07) is -1.10. The quantitative estimate of drug-likeness (QED) is 0.807. The highest BCUT2D eigenvalue weighted by atomic mass is 16.4. The third-order valence-electron chi connectivity index (χ3n) is 3.85. The zero-order valence-corrected chi connectivity index (χ0v) is 11.5. The number of amides is 2. The third kappa shape index (κ3) is 4.20. The van der Waals surface area contributed by atoms with Gasteiger partial charge in [0.2, 0.25) is 0 Å². The smallest absolute Gasteiger partial charge is 0.326 e. The first kappa shape index (κ1) is 14.8. The van der Waals surface area contributed by atoms with Gasteiger partial charge in [-0.25, -0.2) is 9.59 Å². The number of carbonyl (C=O) groups is 2. The number of carboxylic acids is 1. The van der Waals surface area contributed by atoms with Crippen molar-refractivity contribution >= 4 is 12.0 Å². The van der Waals surface area contributed by atoms with Gasteiger partial charge in [0.25, 0.3) is 0 Å². The summed E-state index contributed by atoms with van der Waals surface area (Å²) in [5.74, 6) is 0.279. The first-order valence-electron chi connectivity index (χ1n) is 6.65. The van der Waals surface area contributed by atoms with Gasteiger partial charge in [-0.2, -0.15) is 0 Å². The zero-order valence-electron chi connectivity index (χ0n) is 11.5. The number of likely N-dealkylation sites (N-methyl/N-ethyl adjacent to an activating group) is 1. The van der Waals surface area contributed by atoms with Crippen LogP contribution < -0.4 is 5.32 Å². The molecule has 1 fully saturated rings. The van der Waals surface area contributed by atoms with Crippen molar-refractivity contribution in [2.75, 3.05) is 13.6 Å². The number of nitrogens with zero attached hydrogens (tertiary/aromatic N) is 1. The average Bonchev–Trinajstić information content (AvgIpc) is 2.34. The Balaban J connectivity index is 2.34. The molecule has 2 N–H and O–H groups in total. The van der Waals surface area contributed by atoms with Crippen LogP contribution in [0, 0.1) is 11.8 Å². The maximum Gasteiger partial charge on any atom is 0.326 e. The lowest BCUT2D eigenvalue weighted by Crippen LogP contribution is -2.47. The SMILES string of the molecule is CC1CCCC(CNC(=O)N(C)C(C)C(=O)O)C1. The van der Waals surface area contributed by atoms with Crippen molar-refractivity contribution in [3.05, 3.63) is 0 Å². The minimum absolute atomic E-state index is 0.303.